The van der Waals surface area contributed by atoms with Gasteiger partial charge >= 0.3 is 0 Å². The van der Waals surface area contributed by atoms with E-state index in [2.05, 4.69) is 15.3 Å². The molecule has 3 rings (SSSR count). The van der Waals surface area contributed by atoms with E-state index in [4.69, 9.17) is 10.2 Å². The monoisotopic (exact) mass is 352 g/mol. The number of phenols is 1. The van der Waals surface area contributed by atoms with Crippen molar-refractivity contribution in [2.45, 2.75) is 18.9 Å². The average Bonchev–Trinajstić information content (AvgIpc) is 3.15. The van der Waals surface area contributed by atoms with Gasteiger partial charge in [0.25, 0.3) is 5.91 Å². The fourth-order valence-electron chi connectivity index (χ4n) is 2.48. The predicted octanol–water partition coefficient (Wildman–Crippen LogP) is 1.99. The summed E-state index contributed by atoms with van der Waals surface area (Å²) in [5, 5.41) is 12.1. The molecule has 0 bridgehead atoms. The van der Waals surface area contributed by atoms with E-state index in [1.54, 1.807) is 30.5 Å². The highest BCUT2D eigenvalue weighted by Crippen LogP contribution is 2.18. The highest BCUT2D eigenvalue weighted by molar-refractivity contribution is 5.91. The van der Waals surface area contributed by atoms with Gasteiger partial charge in [-0.2, -0.15) is 0 Å². The highest BCUT2D eigenvalue weighted by atomic mass is 16.3. The van der Waals surface area contributed by atoms with Crippen LogP contribution in [-0.2, 0) is 12.8 Å². The Morgan fingerprint density at radius 2 is 2.04 bits per heavy atom. The Bertz CT molecular complexity index is 847. The van der Waals surface area contributed by atoms with E-state index in [1.807, 2.05) is 18.2 Å². The molecule has 2 heterocycles. The lowest BCUT2D eigenvalue weighted by molar-refractivity contribution is 0.0949. The van der Waals surface area contributed by atoms with Gasteiger partial charge in [0.2, 0.25) is 5.89 Å². The molecule has 1 atom stereocenters. The maximum absolute atomic E-state index is 12.1. The number of phenolic OH excluding ortho intramolecular Hbond substituents is 1. The van der Waals surface area contributed by atoms with Gasteiger partial charge in [-0.1, -0.05) is 18.2 Å². The number of amides is 1. The quantitative estimate of drug-likeness (QED) is 0.599. The number of benzene rings is 1. The van der Waals surface area contributed by atoms with Crippen molar-refractivity contribution in [1.29, 1.82) is 0 Å². The van der Waals surface area contributed by atoms with Crippen molar-refractivity contribution in [3.05, 3.63) is 77.8 Å². The van der Waals surface area contributed by atoms with E-state index in [0.29, 0.717) is 25.3 Å². The van der Waals surface area contributed by atoms with Crippen LogP contribution in [0.15, 0.2) is 59.3 Å². The second-order valence-electron chi connectivity index (χ2n) is 5.88. The minimum atomic E-state index is -0.477. The van der Waals surface area contributed by atoms with Crippen molar-refractivity contribution in [1.82, 2.24) is 15.3 Å². The Kier molecular flexibility index (Phi) is 5.60. The molecule has 0 radical (unpaired) electrons. The molecule has 4 N–H and O–H groups in total. The average molecular weight is 352 g/mol. The molecule has 7 heteroatoms. The fraction of sp³-hybridized carbons (Fsp3) is 0.211. The van der Waals surface area contributed by atoms with Crippen molar-refractivity contribution >= 4 is 5.91 Å². The first-order chi connectivity index (χ1) is 12.6. The molecule has 1 amide bonds. The van der Waals surface area contributed by atoms with Crippen LogP contribution in [0, 0.1) is 0 Å². The van der Waals surface area contributed by atoms with Crippen LogP contribution in [0.2, 0.25) is 0 Å². The van der Waals surface area contributed by atoms with E-state index in [-0.39, 0.29) is 17.4 Å². The zero-order valence-electron chi connectivity index (χ0n) is 14.1. The number of hydrogen-bond acceptors (Lipinski definition) is 6. The zero-order valence-corrected chi connectivity index (χ0v) is 14.1. The third kappa shape index (κ3) is 4.67. The number of rotatable bonds is 7. The van der Waals surface area contributed by atoms with Gasteiger partial charge < -0.3 is 20.6 Å². The first-order valence-electron chi connectivity index (χ1n) is 8.29. The summed E-state index contributed by atoms with van der Waals surface area (Å²) in [4.78, 5) is 20.5. The normalized spacial score (nSPS) is 11.9. The van der Waals surface area contributed by atoms with E-state index >= 15 is 0 Å². The van der Waals surface area contributed by atoms with Gasteiger partial charge in [-0.15, -0.1) is 0 Å². The summed E-state index contributed by atoms with van der Waals surface area (Å²) in [6.07, 6.45) is 4.15. The van der Waals surface area contributed by atoms with Gasteiger partial charge in [0.05, 0.1) is 6.04 Å². The van der Waals surface area contributed by atoms with E-state index in [9.17, 15) is 9.90 Å². The number of aromatic nitrogens is 2. The largest absolute Gasteiger partial charge is 0.508 e. The van der Waals surface area contributed by atoms with Gasteiger partial charge in [0.1, 0.15) is 12.0 Å². The van der Waals surface area contributed by atoms with Crippen LogP contribution >= 0.6 is 0 Å². The lowest BCUT2D eigenvalue weighted by Crippen LogP contribution is -2.26. The molecule has 134 valence electrons. The predicted molar refractivity (Wildman–Crippen MR) is 95.5 cm³/mol. The van der Waals surface area contributed by atoms with Gasteiger partial charge in [-0.3, -0.25) is 9.78 Å². The molecule has 0 saturated carbocycles. The van der Waals surface area contributed by atoms with Crippen LogP contribution in [0.3, 0.4) is 0 Å². The number of nitrogens with two attached hydrogens (primary N) is 1. The van der Waals surface area contributed by atoms with Crippen LogP contribution < -0.4 is 11.1 Å². The number of hydrogen-bond donors (Lipinski definition) is 3. The third-order valence-corrected chi connectivity index (χ3v) is 3.86. The van der Waals surface area contributed by atoms with Gasteiger partial charge in [-0.05, 0) is 36.2 Å². The number of nitrogens with one attached hydrogen (secondary N) is 1. The second-order valence-corrected chi connectivity index (χ2v) is 5.88. The van der Waals surface area contributed by atoms with Crippen LogP contribution in [0.5, 0.6) is 5.75 Å². The number of oxazole rings is 1. The molecule has 0 saturated heterocycles. The summed E-state index contributed by atoms with van der Waals surface area (Å²) >= 11 is 0. The smallest absolute Gasteiger partial charge is 0.273 e. The Balaban J connectivity index is 1.52. The molecule has 1 unspecified atom stereocenters. The summed E-state index contributed by atoms with van der Waals surface area (Å²) in [5.74, 6) is 0.184. The lowest BCUT2D eigenvalue weighted by atomic mass is 10.1. The van der Waals surface area contributed by atoms with E-state index in [1.165, 1.54) is 6.26 Å². The van der Waals surface area contributed by atoms with E-state index in [0.717, 1.165) is 11.3 Å². The number of aromatic hydroxyl groups is 1. The molecule has 0 aliphatic rings. The van der Waals surface area contributed by atoms with Crippen LogP contribution in [-0.4, -0.2) is 27.5 Å². The Labute approximate surface area is 150 Å². The number of carbonyl (C=O) groups excluding carboxylic acids is 1. The number of carbonyl (C=O) groups is 1. The van der Waals surface area contributed by atoms with Crippen molar-refractivity contribution in [2.75, 3.05) is 6.54 Å². The van der Waals surface area contributed by atoms with E-state index < -0.39 is 6.04 Å². The summed E-state index contributed by atoms with van der Waals surface area (Å²) in [5.41, 5.74) is 8.14. The standard InChI is InChI=1S/C19H20N4O3/c20-16(11-13-4-6-15(24)7-5-13)19-23-17(12-26-19)18(25)22-10-8-14-3-1-2-9-21-14/h1-7,9,12,16,24H,8,10-11,20H2,(H,22,25). The molecule has 7 nitrogen and oxygen atoms in total. The Morgan fingerprint density at radius 3 is 2.77 bits per heavy atom. The third-order valence-electron chi connectivity index (χ3n) is 3.86. The van der Waals surface area contributed by atoms with Crippen molar-refractivity contribution in [3.8, 4) is 5.75 Å². The number of pyridine rings is 1. The maximum atomic E-state index is 12.1. The highest BCUT2D eigenvalue weighted by Gasteiger charge is 2.17. The van der Waals surface area contributed by atoms with Crippen LogP contribution in [0.1, 0.15) is 33.7 Å². The van der Waals surface area contributed by atoms with Crippen molar-refractivity contribution < 1.29 is 14.3 Å². The summed E-state index contributed by atoms with van der Waals surface area (Å²) < 4.78 is 5.35. The maximum Gasteiger partial charge on any atom is 0.273 e. The molecule has 0 spiro atoms. The Morgan fingerprint density at radius 1 is 1.23 bits per heavy atom. The molecule has 0 aliphatic carbocycles. The summed E-state index contributed by atoms with van der Waals surface area (Å²) in [7, 11) is 0. The molecule has 26 heavy (non-hydrogen) atoms. The van der Waals surface area contributed by atoms with Gasteiger partial charge in [-0.25, -0.2) is 4.98 Å². The molecule has 0 fully saturated rings. The molecule has 3 aromatic rings. The van der Waals surface area contributed by atoms with Crippen LogP contribution in [0.4, 0.5) is 0 Å². The zero-order chi connectivity index (χ0) is 18.4. The van der Waals surface area contributed by atoms with Gasteiger partial charge in [0.15, 0.2) is 5.69 Å². The first-order valence-corrected chi connectivity index (χ1v) is 8.29. The second kappa shape index (κ2) is 8.26. The van der Waals surface area contributed by atoms with Crippen molar-refractivity contribution in [3.63, 3.8) is 0 Å². The minimum Gasteiger partial charge on any atom is -0.508 e. The molecule has 0 aliphatic heterocycles. The minimum absolute atomic E-state index is 0.196. The SMILES string of the molecule is NC(Cc1ccc(O)cc1)c1nc(C(=O)NCCc2ccccn2)co1. The topological polar surface area (TPSA) is 114 Å². The molecule has 1 aromatic carbocycles. The summed E-state index contributed by atoms with van der Waals surface area (Å²) in [6, 6.07) is 11.9. The van der Waals surface area contributed by atoms with Gasteiger partial charge in [0, 0.05) is 24.9 Å². The molecular weight excluding hydrogens is 332 g/mol. The number of nitrogens with zero attached hydrogens (tertiary/aromatic N) is 2. The molecular formula is C19H20N4O3. The Hall–Kier alpha value is -3.19. The molecule has 2 aromatic heterocycles. The summed E-state index contributed by atoms with van der Waals surface area (Å²) in [6.45, 7) is 0.456. The van der Waals surface area contributed by atoms with Crippen LogP contribution in [0.25, 0.3) is 0 Å². The first kappa shape index (κ1) is 17.6. The lowest BCUT2D eigenvalue weighted by Gasteiger charge is -2.07. The fourth-order valence-corrected chi connectivity index (χ4v) is 2.48. The van der Waals surface area contributed by atoms with Crippen molar-refractivity contribution in [2.24, 2.45) is 5.73 Å².